The van der Waals surface area contributed by atoms with E-state index in [1.54, 1.807) is 4.68 Å². The topological polar surface area (TPSA) is 53.3 Å². The second-order valence-corrected chi connectivity index (χ2v) is 6.81. The summed E-state index contributed by atoms with van der Waals surface area (Å²) in [7, 11) is 0. The maximum absolute atomic E-state index is 11.7. The molecule has 5 heteroatoms. The number of aryl methyl sites for hydroxylation is 1. The Morgan fingerprint density at radius 3 is 2.45 bits per heavy atom. The van der Waals surface area contributed by atoms with Crippen molar-refractivity contribution in [1.29, 1.82) is 0 Å². The number of ether oxygens (including phenoxy) is 2. The van der Waals surface area contributed by atoms with E-state index in [0.717, 1.165) is 28.0 Å². The van der Waals surface area contributed by atoms with Crippen molar-refractivity contribution < 1.29 is 14.3 Å². The average Bonchev–Trinajstić information content (AvgIpc) is 3.03. The minimum absolute atomic E-state index is 0.376. The third kappa shape index (κ3) is 4.14. The van der Waals surface area contributed by atoms with Crippen molar-refractivity contribution in [2.75, 3.05) is 6.61 Å². The third-order valence-electron chi connectivity index (χ3n) is 4.68. The lowest BCUT2D eigenvalue weighted by Gasteiger charge is -2.11. The molecule has 3 aromatic carbocycles. The molecule has 1 aromatic heterocycles. The quantitative estimate of drug-likeness (QED) is 0.437. The Morgan fingerprint density at radius 1 is 0.966 bits per heavy atom. The molecule has 146 valence electrons. The Labute approximate surface area is 169 Å². The van der Waals surface area contributed by atoms with Crippen LogP contribution in [0.3, 0.4) is 0 Å². The zero-order valence-electron chi connectivity index (χ0n) is 16.5. The van der Waals surface area contributed by atoms with Gasteiger partial charge < -0.3 is 9.47 Å². The van der Waals surface area contributed by atoms with Gasteiger partial charge in [0, 0.05) is 6.92 Å². The number of carbonyl (C=O) groups excluding carboxylic acids is 1. The van der Waals surface area contributed by atoms with E-state index in [2.05, 4.69) is 17.2 Å². The van der Waals surface area contributed by atoms with Crippen molar-refractivity contribution in [2.45, 2.75) is 20.4 Å². The lowest BCUT2D eigenvalue weighted by Crippen LogP contribution is -2.13. The molecule has 0 bridgehead atoms. The Bertz CT molecular complexity index is 1150. The zero-order chi connectivity index (χ0) is 20.2. The van der Waals surface area contributed by atoms with E-state index >= 15 is 0 Å². The van der Waals surface area contributed by atoms with Crippen LogP contribution in [0.1, 0.15) is 12.6 Å². The van der Waals surface area contributed by atoms with Crippen LogP contribution in [-0.4, -0.2) is 22.4 Å². The second-order valence-electron chi connectivity index (χ2n) is 6.81. The normalized spacial score (nSPS) is 10.8. The Balaban J connectivity index is 1.55. The molecular formula is C24H22N2O3. The lowest BCUT2D eigenvalue weighted by molar-refractivity contribution is -0.132. The van der Waals surface area contributed by atoms with Gasteiger partial charge in [-0.1, -0.05) is 60.7 Å². The standard InChI is InChI=1S/C24H22N2O3/c1-17-23(20-9-4-3-5-10-20)24(29-18(2)27)26(25-17)14-15-28-22-13-12-19-8-6-7-11-21(19)16-22/h3-13,16H,14-15H2,1-2H3. The highest BCUT2D eigenvalue weighted by Gasteiger charge is 2.19. The monoisotopic (exact) mass is 386 g/mol. The number of fused-ring (bicyclic) bond motifs is 1. The van der Waals surface area contributed by atoms with E-state index in [0.29, 0.717) is 19.0 Å². The highest BCUT2D eigenvalue weighted by molar-refractivity contribution is 5.83. The van der Waals surface area contributed by atoms with Crippen LogP contribution in [0.25, 0.3) is 21.9 Å². The van der Waals surface area contributed by atoms with Gasteiger partial charge in [0.15, 0.2) is 0 Å². The summed E-state index contributed by atoms with van der Waals surface area (Å²) < 4.78 is 13.1. The molecule has 0 atom stereocenters. The molecule has 0 amide bonds. The van der Waals surface area contributed by atoms with E-state index in [9.17, 15) is 4.79 Å². The summed E-state index contributed by atoms with van der Waals surface area (Å²) in [6.07, 6.45) is 0. The van der Waals surface area contributed by atoms with Crippen LogP contribution in [0.15, 0.2) is 72.8 Å². The van der Waals surface area contributed by atoms with Crippen molar-refractivity contribution in [3.05, 3.63) is 78.5 Å². The van der Waals surface area contributed by atoms with Crippen LogP contribution in [-0.2, 0) is 11.3 Å². The highest BCUT2D eigenvalue weighted by atomic mass is 16.5. The van der Waals surface area contributed by atoms with Crippen LogP contribution >= 0.6 is 0 Å². The molecule has 0 aliphatic heterocycles. The number of aromatic nitrogens is 2. The van der Waals surface area contributed by atoms with Crippen molar-refractivity contribution in [3.63, 3.8) is 0 Å². The van der Waals surface area contributed by atoms with Gasteiger partial charge in [-0.3, -0.25) is 4.79 Å². The van der Waals surface area contributed by atoms with E-state index in [1.807, 2.05) is 67.6 Å². The largest absolute Gasteiger partial charge is 0.492 e. The molecule has 0 radical (unpaired) electrons. The summed E-state index contributed by atoms with van der Waals surface area (Å²) in [5.74, 6) is 0.868. The fourth-order valence-corrected chi connectivity index (χ4v) is 3.40. The first-order valence-corrected chi connectivity index (χ1v) is 9.54. The number of hydrogen-bond acceptors (Lipinski definition) is 4. The number of hydrogen-bond donors (Lipinski definition) is 0. The minimum Gasteiger partial charge on any atom is -0.492 e. The number of nitrogens with zero attached hydrogens (tertiary/aromatic N) is 2. The maximum Gasteiger partial charge on any atom is 0.309 e. The van der Waals surface area contributed by atoms with Gasteiger partial charge >= 0.3 is 5.97 Å². The van der Waals surface area contributed by atoms with Gasteiger partial charge in [0.2, 0.25) is 5.88 Å². The molecular weight excluding hydrogens is 364 g/mol. The molecule has 0 saturated carbocycles. The minimum atomic E-state index is -0.376. The highest BCUT2D eigenvalue weighted by Crippen LogP contribution is 2.33. The first-order chi connectivity index (χ1) is 14.1. The van der Waals surface area contributed by atoms with E-state index in [-0.39, 0.29) is 5.97 Å². The number of rotatable bonds is 6. The van der Waals surface area contributed by atoms with Crippen LogP contribution in [0.5, 0.6) is 11.6 Å². The van der Waals surface area contributed by atoms with E-state index in [1.165, 1.54) is 12.3 Å². The molecule has 0 fully saturated rings. The summed E-state index contributed by atoms with van der Waals surface area (Å²) in [5.41, 5.74) is 2.59. The number of carbonyl (C=O) groups is 1. The van der Waals surface area contributed by atoms with Gasteiger partial charge in [0.25, 0.3) is 0 Å². The van der Waals surface area contributed by atoms with E-state index < -0.39 is 0 Å². The van der Waals surface area contributed by atoms with Gasteiger partial charge in [-0.15, -0.1) is 0 Å². The molecule has 0 saturated heterocycles. The van der Waals surface area contributed by atoms with Crippen LogP contribution < -0.4 is 9.47 Å². The smallest absolute Gasteiger partial charge is 0.309 e. The van der Waals surface area contributed by atoms with Gasteiger partial charge in [-0.2, -0.15) is 5.10 Å². The van der Waals surface area contributed by atoms with Gasteiger partial charge in [0.1, 0.15) is 12.4 Å². The molecule has 1 heterocycles. The first kappa shape index (κ1) is 18.7. The molecule has 0 N–H and O–H groups in total. The number of benzene rings is 3. The Morgan fingerprint density at radius 2 is 1.69 bits per heavy atom. The van der Waals surface area contributed by atoms with Gasteiger partial charge in [-0.05, 0) is 35.4 Å². The number of esters is 1. The third-order valence-corrected chi connectivity index (χ3v) is 4.68. The molecule has 5 nitrogen and oxygen atoms in total. The van der Waals surface area contributed by atoms with Crippen molar-refractivity contribution >= 4 is 16.7 Å². The molecule has 29 heavy (non-hydrogen) atoms. The van der Waals surface area contributed by atoms with Crippen LogP contribution in [0, 0.1) is 6.92 Å². The van der Waals surface area contributed by atoms with Crippen LogP contribution in [0.2, 0.25) is 0 Å². The van der Waals surface area contributed by atoms with Gasteiger partial charge in [0.05, 0.1) is 17.8 Å². The Hall–Kier alpha value is -3.60. The zero-order valence-corrected chi connectivity index (χ0v) is 16.5. The van der Waals surface area contributed by atoms with Crippen LogP contribution in [0.4, 0.5) is 0 Å². The molecule has 4 aromatic rings. The molecule has 0 unspecified atom stereocenters. The summed E-state index contributed by atoms with van der Waals surface area (Å²) in [6, 6.07) is 24.0. The lowest BCUT2D eigenvalue weighted by atomic mass is 10.1. The van der Waals surface area contributed by atoms with Gasteiger partial charge in [-0.25, -0.2) is 4.68 Å². The fraction of sp³-hybridized carbons (Fsp3) is 0.167. The Kier molecular flexibility index (Phi) is 5.29. The second kappa shape index (κ2) is 8.19. The summed E-state index contributed by atoms with van der Waals surface area (Å²) >= 11 is 0. The predicted octanol–water partition coefficient (Wildman–Crippen LogP) is 5.02. The first-order valence-electron chi connectivity index (χ1n) is 9.54. The van der Waals surface area contributed by atoms with E-state index in [4.69, 9.17) is 9.47 Å². The molecule has 0 aliphatic rings. The SMILES string of the molecule is CC(=O)Oc1c(-c2ccccc2)c(C)nn1CCOc1ccc2ccccc2c1. The maximum atomic E-state index is 11.7. The summed E-state index contributed by atoms with van der Waals surface area (Å²) in [4.78, 5) is 11.7. The summed E-state index contributed by atoms with van der Waals surface area (Å²) in [6.45, 7) is 4.17. The van der Waals surface area contributed by atoms with Crippen molar-refractivity contribution in [3.8, 4) is 22.8 Å². The predicted molar refractivity (Wildman–Crippen MR) is 113 cm³/mol. The average molecular weight is 386 g/mol. The molecule has 0 aliphatic carbocycles. The molecule has 0 spiro atoms. The molecule has 4 rings (SSSR count). The fourth-order valence-electron chi connectivity index (χ4n) is 3.40. The van der Waals surface area contributed by atoms with Crippen molar-refractivity contribution in [2.24, 2.45) is 0 Å². The summed E-state index contributed by atoms with van der Waals surface area (Å²) in [5, 5.41) is 6.89. The van der Waals surface area contributed by atoms with Crippen molar-refractivity contribution in [1.82, 2.24) is 9.78 Å².